The number of likely N-dealkylation sites (tertiary alicyclic amines) is 2. The Bertz CT molecular complexity index is 256. The summed E-state index contributed by atoms with van der Waals surface area (Å²) in [6.45, 7) is 6.27. The molecule has 1 atom stereocenters. The Morgan fingerprint density at radius 3 is 2.82 bits per heavy atom. The predicted octanol–water partition coefficient (Wildman–Crippen LogP) is 0.677. The van der Waals surface area contributed by atoms with Crippen molar-refractivity contribution in [3.63, 3.8) is 0 Å². The molecule has 2 fully saturated rings. The first kappa shape index (κ1) is 13.1. The van der Waals surface area contributed by atoms with Crippen LogP contribution in [0, 0.1) is 0 Å². The molecule has 0 saturated carbocycles. The molecule has 2 aliphatic rings. The highest BCUT2D eigenvalue weighted by atomic mass is 32.1. The second kappa shape index (κ2) is 6.52. The highest BCUT2D eigenvalue weighted by Gasteiger charge is 2.30. The van der Waals surface area contributed by atoms with Gasteiger partial charge in [0, 0.05) is 32.8 Å². The summed E-state index contributed by atoms with van der Waals surface area (Å²) >= 11 is 5.40. The van der Waals surface area contributed by atoms with Crippen molar-refractivity contribution in [2.24, 2.45) is 0 Å². The largest absolute Gasteiger partial charge is 0.383 e. The van der Waals surface area contributed by atoms with E-state index in [1.165, 1.54) is 32.4 Å². The predicted molar refractivity (Wildman–Crippen MR) is 73.3 cm³/mol. The molecule has 5 heteroatoms. The fourth-order valence-corrected chi connectivity index (χ4v) is 2.97. The second-order valence-electron chi connectivity index (χ2n) is 4.86. The summed E-state index contributed by atoms with van der Waals surface area (Å²) < 4.78 is 5.01. The summed E-state index contributed by atoms with van der Waals surface area (Å²) in [5, 5.41) is 4.14. The van der Waals surface area contributed by atoms with E-state index in [0.717, 1.165) is 30.8 Å². The molecule has 1 unspecified atom stereocenters. The van der Waals surface area contributed by atoms with Crippen molar-refractivity contribution in [1.29, 1.82) is 0 Å². The number of nitrogens with one attached hydrogen (secondary N) is 1. The molecule has 0 aliphatic carbocycles. The van der Waals surface area contributed by atoms with Crippen molar-refractivity contribution < 1.29 is 4.74 Å². The van der Waals surface area contributed by atoms with Crippen LogP contribution >= 0.6 is 12.2 Å². The van der Waals surface area contributed by atoms with Gasteiger partial charge in [-0.05, 0) is 44.6 Å². The monoisotopic (exact) mass is 257 g/mol. The molecule has 0 bridgehead atoms. The van der Waals surface area contributed by atoms with Crippen molar-refractivity contribution in [2.45, 2.75) is 25.3 Å². The van der Waals surface area contributed by atoms with Gasteiger partial charge in [-0.3, -0.25) is 4.90 Å². The molecule has 4 nitrogen and oxygen atoms in total. The molecule has 2 rings (SSSR count). The summed E-state index contributed by atoms with van der Waals surface area (Å²) in [5.41, 5.74) is 0. The van der Waals surface area contributed by atoms with Crippen LogP contribution in [0.3, 0.4) is 0 Å². The summed E-state index contributed by atoms with van der Waals surface area (Å²) in [5.74, 6) is 0. The minimum atomic E-state index is 0.712. The van der Waals surface area contributed by atoms with Crippen molar-refractivity contribution in [1.82, 2.24) is 15.1 Å². The van der Waals surface area contributed by atoms with Crippen LogP contribution in [0.2, 0.25) is 0 Å². The van der Waals surface area contributed by atoms with Gasteiger partial charge in [0.2, 0.25) is 0 Å². The lowest BCUT2D eigenvalue weighted by Gasteiger charge is -2.25. The molecule has 0 radical (unpaired) electrons. The number of rotatable bonds is 4. The minimum Gasteiger partial charge on any atom is -0.383 e. The zero-order valence-corrected chi connectivity index (χ0v) is 11.5. The van der Waals surface area contributed by atoms with E-state index in [-0.39, 0.29) is 0 Å². The van der Waals surface area contributed by atoms with E-state index in [4.69, 9.17) is 17.0 Å². The van der Waals surface area contributed by atoms with Crippen LogP contribution < -0.4 is 5.32 Å². The van der Waals surface area contributed by atoms with E-state index in [1.807, 2.05) is 0 Å². The topological polar surface area (TPSA) is 27.7 Å². The molecule has 0 amide bonds. The molecule has 2 aliphatic heterocycles. The maximum absolute atomic E-state index is 5.40. The number of thiocarbonyl (C=S) groups is 1. The van der Waals surface area contributed by atoms with Crippen LogP contribution in [0.1, 0.15) is 19.3 Å². The first-order valence-corrected chi connectivity index (χ1v) is 6.98. The Labute approximate surface area is 109 Å². The standard InChI is InChI=1S/C12H23N3OS/c1-16-9-5-13-12(17)15-8-4-11(10-15)14-6-2-3-7-14/h11H,2-10H2,1H3,(H,13,17). The molecule has 2 heterocycles. The third-order valence-corrected chi connectivity index (χ3v) is 4.09. The van der Waals surface area contributed by atoms with E-state index in [9.17, 15) is 0 Å². The average molecular weight is 257 g/mol. The van der Waals surface area contributed by atoms with Crippen molar-refractivity contribution in [3.8, 4) is 0 Å². The Hall–Kier alpha value is -0.390. The number of hydrogen-bond acceptors (Lipinski definition) is 3. The summed E-state index contributed by atoms with van der Waals surface area (Å²) in [4.78, 5) is 4.92. The Kier molecular flexibility index (Phi) is 5.00. The molecule has 0 aromatic carbocycles. The van der Waals surface area contributed by atoms with Crippen molar-refractivity contribution in [3.05, 3.63) is 0 Å². The first-order chi connectivity index (χ1) is 8.31. The number of ether oxygens (including phenoxy) is 1. The molecule has 1 N–H and O–H groups in total. The molecular formula is C12H23N3OS. The third-order valence-electron chi connectivity index (χ3n) is 3.69. The molecular weight excluding hydrogens is 234 g/mol. The van der Waals surface area contributed by atoms with Gasteiger partial charge in [0.15, 0.2) is 5.11 Å². The Balaban J connectivity index is 1.71. The van der Waals surface area contributed by atoms with Crippen LogP contribution in [-0.2, 0) is 4.74 Å². The molecule has 0 aromatic heterocycles. The summed E-state index contributed by atoms with van der Waals surface area (Å²) in [6.07, 6.45) is 3.99. The van der Waals surface area contributed by atoms with E-state index >= 15 is 0 Å². The summed E-state index contributed by atoms with van der Waals surface area (Å²) in [7, 11) is 1.71. The van der Waals surface area contributed by atoms with Gasteiger partial charge in [-0.1, -0.05) is 0 Å². The molecule has 98 valence electrons. The number of nitrogens with zero attached hydrogens (tertiary/aromatic N) is 2. The van der Waals surface area contributed by atoms with Gasteiger partial charge in [0.1, 0.15) is 0 Å². The minimum absolute atomic E-state index is 0.712. The second-order valence-corrected chi connectivity index (χ2v) is 5.24. The number of hydrogen-bond donors (Lipinski definition) is 1. The maximum atomic E-state index is 5.40. The van der Waals surface area contributed by atoms with Gasteiger partial charge in [-0.2, -0.15) is 0 Å². The van der Waals surface area contributed by atoms with Gasteiger partial charge in [0.05, 0.1) is 6.61 Å². The zero-order valence-electron chi connectivity index (χ0n) is 10.7. The number of methoxy groups -OCH3 is 1. The van der Waals surface area contributed by atoms with E-state index in [0.29, 0.717) is 6.61 Å². The van der Waals surface area contributed by atoms with Crippen LogP contribution in [0.25, 0.3) is 0 Å². The van der Waals surface area contributed by atoms with Crippen molar-refractivity contribution in [2.75, 3.05) is 46.4 Å². The summed E-state index contributed by atoms with van der Waals surface area (Å²) in [6, 6.07) is 0.722. The Morgan fingerprint density at radius 1 is 1.35 bits per heavy atom. The van der Waals surface area contributed by atoms with E-state index in [1.54, 1.807) is 7.11 Å². The molecule has 17 heavy (non-hydrogen) atoms. The van der Waals surface area contributed by atoms with Crippen LogP contribution in [0.4, 0.5) is 0 Å². The maximum Gasteiger partial charge on any atom is 0.169 e. The smallest absolute Gasteiger partial charge is 0.169 e. The Morgan fingerprint density at radius 2 is 2.12 bits per heavy atom. The molecule has 0 spiro atoms. The van der Waals surface area contributed by atoms with Gasteiger partial charge >= 0.3 is 0 Å². The fourth-order valence-electron chi connectivity index (χ4n) is 2.70. The van der Waals surface area contributed by atoms with E-state index < -0.39 is 0 Å². The lowest BCUT2D eigenvalue weighted by Crippen LogP contribution is -2.42. The lowest BCUT2D eigenvalue weighted by molar-refractivity contribution is 0.203. The third kappa shape index (κ3) is 3.53. The van der Waals surface area contributed by atoms with Crippen LogP contribution in [0.5, 0.6) is 0 Å². The van der Waals surface area contributed by atoms with E-state index in [2.05, 4.69) is 15.1 Å². The first-order valence-electron chi connectivity index (χ1n) is 6.57. The van der Waals surface area contributed by atoms with Crippen LogP contribution in [-0.4, -0.2) is 67.4 Å². The highest BCUT2D eigenvalue weighted by molar-refractivity contribution is 7.80. The highest BCUT2D eigenvalue weighted by Crippen LogP contribution is 2.20. The quantitative estimate of drug-likeness (QED) is 0.590. The fraction of sp³-hybridized carbons (Fsp3) is 0.917. The normalized spacial score (nSPS) is 25.5. The molecule has 2 saturated heterocycles. The van der Waals surface area contributed by atoms with Gasteiger partial charge in [-0.15, -0.1) is 0 Å². The lowest BCUT2D eigenvalue weighted by atomic mass is 10.2. The van der Waals surface area contributed by atoms with Gasteiger partial charge in [0.25, 0.3) is 0 Å². The molecule has 0 aromatic rings. The van der Waals surface area contributed by atoms with Gasteiger partial charge in [-0.25, -0.2) is 0 Å². The average Bonchev–Trinajstić information content (AvgIpc) is 3.00. The van der Waals surface area contributed by atoms with Crippen LogP contribution in [0.15, 0.2) is 0 Å². The zero-order chi connectivity index (χ0) is 12.1. The SMILES string of the molecule is COCCNC(=S)N1CCC(N2CCCC2)C1. The van der Waals surface area contributed by atoms with Gasteiger partial charge < -0.3 is 15.0 Å². The van der Waals surface area contributed by atoms with Crippen molar-refractivity contribution >= 4 is 17.3 Å².